The number of carboxylic acid groups (broad SMARTS) is 1. The van der Waals surface area contributed by atoms with Gasteiger partial charge in [-0.05, 0) is 45.7 Å². The third-order valence-electron chi connectivity index (χ3n) is 9.66. The van der Waals surface area contributed by atoms with Crippen LogP contribution in [0.4, 0.5) is 0 Å². The molecule has 0 fully saturated rings. The maximum absolute atomic E-state index is 14.9. The minimum absolute atomic E-state index is 0.0659. The highest BCUT2D eigenvalue weighted by molar-refractivity contribution is 8.00. The second-order valence-corrected chi connectivity index (χ2v) is 14.9. The minimum atomic E-state index is -1.05. The van der Waals surface area contributed by atoms with E-state index in [1.165, 1.54) is 0 Å². The molecule has 6 heteroatoms. The zero-order valence-electron chi connectivity index (χ0n) is 30.1. The van der Waals surface area contributed by atoms with Crippen molar-refractivity contribution in [2.45, 2.75) is 42.6 Å². The van der Waals surface area contributed by atoms with E-state index >= 15 is 0 Å². The summed E-state index contributed by atoms with van der Waals surface area (Å²) in [5.74, 6) is -1.06. The molecule has 5 nitrogen and oxygen atoms in total. The second-order valence-electron chi connectivity index (χ2n) is 13.7. The molecule has 6 aromatic carbocycles. The zero-order valence-corrected chi connectivity index (χ0v) is 31.0. The Bertz CT molecular complexity index is 1830. The Balaban J connectivity index is 1.55. The molecule has 6 rings (SSSR count). The van der Waals surface area contributed by atoms with Crippen LogP contribution in [0.15, 0.2) is 182 Å². The predicted octanol–water partition coefficient (Wildman–Crippen LogP) is 9.28. The number of carbonyl (C=O) groups is 2. The average molecular weight is 719 g/mol. The highest BCUT2D eigenvalue weighted by Crippen LogP contribution is 2.49. The van der Waals surface area contributed by atoms with Gasteiger partial charge in [0.2, 0.25) is 5.91 Å². The molecule has 0 bridgehead atoms. The van der Waals surface area contributed by atoms with E-state index in [0.717, 1.165) is 33.4 Å². The Morgan fingerprint density at radius 3 is 1.15 bits per heavy atom. The summed E-state index contributed by atoms with van der Waals surface area (Å²) < 4.78 is -0.705. The first-order valence-corrected chi connectivity index (χ1v) is 19.1. The van der Waals surface area contributed by atoms with Crippen molar-refractivity contribution >= 4 is 23.6 Å². The first-order chi connectivity index (χ1) is 25.8. The molecule has 0 saturated carbocycles. The van der Waals surface area contributed by atoms with Crippen LogP contribution in [0, 0.1) is 5.92 Å². The van der Waals surface area contributed by atoms with Crippen LogP contribution in [0.1, 0.15) is 53.6 Å². The maximum atomic E-state index is 14.9. The third-order valence-corrected chi connectivity index (χ3v) is 11.3. The van der Waals surface area contributed by atoms with Gasteiger partial charge in [-0.3, -0.25) is 10.1 Å². The summed E-state index contributed by atoms with van der Waals surface area (Å²) in [6.07, 6.45) is 0.310. The van der Waals surface area contributed by atoms with E-state index in [0.29, 0.717) is 12.2 Å². The van der Waals surface area contributed by atoms with Crippen molar-refractivity contribution in [2.24, 2.45) is 5.92 Å². The Kier molecular flexibility index (Phi) is 12.2. The van der Waals surface area contributed by atoms with Gasteiger partial charge in [-0.2, -0.15) is 0 Å². The van der Waals surface area contributed by atoms with Crippen molar-refractivity contribution in [3.63, 3.8) is 0 Å². The summed E-state index contributed by atoms with van der Waals surface area (Å²) in [6.45, 7) is 3.93. The van der Waals surface area contributed by atoms with Crippen LogP contribution in [0.25, 0.3) is 0 Å². The Morgan fingerprint density at radius 2 is 0.849 bits per heavy atom. The number of hydrogen-bond donors (Lipinski definition) is 3. The standard InChI is InChI=1S/C47H46N2O3S/c1-35(2)33-42(45(51)52)48-44(50)43(49-46(36-21-9-3-10-22-36,37-23-11-4-12-24-37)38-25-13-5-14-26-38)34-53-47(39-27-15-6-16-28-39,40-29-17-7-18-30-40)41-31-19-8-20-32-41/h3-32,35,42-43,49H,33-34H2,1-2H3,(H,48,50)(H,51,52)/t42-,43+/m0/s1. The zero-order chi connectivity index (χ0) is 37.1. The van der Waals surface area contributed by atoms with Crippen molar-refractivity contribution in [1.82, 2.24) is 10.6 Å². The summed E-state index contributed by atoms with van der Waals surface area (Å²) in [7, 11) is 0. The summed E-state index contributed by atoms with van der Waals surface area (Å²) >= 11 is 1.67. The fraction of sp³-hybridized carbons (Fsp3) is 0.191. The largest absolute Gasteiger partial charge is 0.480 e. The third kappa shape index (κ3) is 8.30. The summed E-state index contributed by atoms with van der Waals surface area (Å²) in [5, 5.41) is 17.2. The number of amides is 1. The molecule has 0 aliphatic rings. The fourth-order valence-electron chi connectivity index (χ4n) is 7.20. The molecule has 1 amide bonds. The number of aliphatic carboxylic acids is 1. The molecule has 2 atom stereocenters. The van der Waals surface area contributed by atoms with E-state index < -0.39 is 28.3 Å². The quantitative estimate of drug-likeness (QED) is 0.0870. The average Bonchev–Trinajstić information content (AvgIpc) is 3.21. The number of nitrogens with one attached hydrogen (secondary N) is 2. The highest BCUT2D eigenvalue weighted by Gasteiger charge is 2.43. The Hall–Kier alpha value is -5.43. The fourth-order valence-corrected chi connectivity index (χ4v) is 8.76. The monoisotopic (exact) mass is 718 g/mol. The van der Waals surface area contributed by atoms with Crippen LogP contribution >= 0.6 is 11.8 Å². The first kappa shape index (κ1) is 37.3. The molecule has 0 aliphatic heterocycles. The van der Waals surface area contributed by atoms with Crippen LogP contribution in [-0.4, -0.2) is 34.8 Å². The maximum Gasteiger partial charge on any atom is 0.326 e. The van der Waals surface area contributed by atoms with Gasteiger partial charge in [0.1, 0.15) is 6.04 Å². The molecular weight excluding hydrogens is 673 g/mol. The van der Waals surface area contributed by atoms with E-state index in [2.05, 4.69) is 83.4 Å². The minimum Gasteiger partial charge on any atom is -0.480 e. The molecule has 6 aromatic rings. The molecule has 53 heavy (non-hydrogen) atoms. The number of carbonyl (C=O) groups excluding carboxylic acids is 1. The smallest absolute Gasteiger partial charge is 0.326 e. The van der Waals surface area contributed by atoms with Crippen molar-refractivity contribution in [3.05, 3.63) is 215 Å². The van der Waals surface area contributed by atoms with E-state index in [4.69, 9.17) is 0 Å². The van der Waals surface area contributed by atoms with Gasteiger partial charge in [-0.1, -0.05) is 196 Å². The number of carboxylic acids is 1. The normalized spacial score (nSPS) is 12.9. The lowest BCUT2D eigenvalue weighted by Gasteiger charge is -2.41. The Morgan fingerprint density at radius 1 is 0.528 bits per heavy atom. The van der Waals surface area contributed by atoms with Crippen LogP contribution in [0.5, 0.6) is 0 Å². The van der Waals surface area contributed by atoms with E-state index in [9.17, 15) is 14.7 Å². The molecule has 0 aromatic heterocycles. The van der Waals surface area contributed by atoms with Crippen LogP contribution < -0.4 is 10.6 Å². The molecule has 0 aliphatic carbocycles. The summed E-state index contributed by atoms with van der Waals surface area (Å²) in [5.41, 5.74) is 5.12. The molecule has 0 saturated heterocycles. The van der Waals surface area contributed by atoms with Gasteiger partial charge in [0.25, 0.3) is 0 Å². The number of hydrogen-bond acceptors (Lipinski definition) is 4. The second kappa shape index (κ2) is 17.4. The summed E-state index contributed by atoms with van der Waals surface area (Å²) in [6, 6.07) is 59.8. The number of thioether (sulfide) groups is 1. The van der Waals surface area contributed by atoms with Gasteiger partial charge in [0, 0.05) is 5.75 Å². The van der Waals surface area contributed by atoms with E-state index in [1.807, 2.05) is 123 Å². The molecule has 0 unspecified atom stereocenters. The topological polar surface area (TPSA) is 78.4 Å². The summed E-state index contributed by atoms with van der Waals surface area (Å²) in [4.78, 5) is 27.5. The van der Waals surface area contributed by atoms with Gasteiger partial charge >= 0.3 is 5.97 Å². The number of benzene rings is 6. The van der Waals surface area contributed by atoms with E-state index in [-0.39, 0.29) is 11.8 Å². The first-order valence-electron chi connectivity index (χ1n) is 18.1. The van der Waals surface area contributed by atoms with Crippen LogP contribution in [0.2, 0.25) is 0 Å². The molecule has 0 heterocycles. The lowest BCUT2D eigenvalue weighted by atomic mass is 9.76. The van der Waals surface area contributed by atoms with Crippen molar-refractivity contribution in [1.29, 1.82) is 0 Å². The van der Waals surface area contributed by atoms with Crippen molar-refractivity contribution in [3.8, 4) is 0 Å². The van der Waals surface area contributed by atoms with Gasteiger partial charge < -0.3 is 10.4 Å². The van der Waals surface area contributed by atoms with Gasteiger partial charge in [0.05, 0.1) is 16.3 Å². The van der Waals surface area contributed by atoms with Crippen molar-refractivity contribution < 1.29 is 14.7 Å². The molecule has 0 radical (unpaired) electrons. The van der Waals surface area contributed by atoms with E-state index in [1.54, 1.807) is 11.8 Å². The molecule has 3 N–H and O–H groups in total. The molecule has 268 valence electrons. The number of rotatable bonds is 16. The SMILES string of the molecule is CC(C)C[C@H](NC(=O)[C@@H](CSC(c1ccccc1)(c1ccccc1)c1ccccc1)NC(c1ccccc1)(c1ccccc1)c1ccccc1)C(=O)O. The van der Waals surface area contributed by atoms with Crippen LogP contribution in [0.3, 0.4) is 0 Å². The highest BCUT2D eigenvalue weighted by atomic mass is 32.2. The predicted molar refractivity (Wildman–Crippen MR) is 217 cm³/mol. The van der Waals surface area contributed by atoms with Gasteiger partial charge in [-0.15, -0.1) is 11.8 Å². The van der Waals surface area contributed by atoms with Gasteiger partial charge in [-0.25, -0.2) is 4.79 Å². The molecule has 0 spiro atoms. The van der Waals surface area contributed by atoms with Crippen LogP contribution in [-0.2, 0) is 19.9 Å². The molecular formula is C47H46N2O3S. The van der Waals surface area contributed by atoms with Crippen molar-refractivity contribution in [2.75, 3.05) is 5.75 Å². The lowest BCUT2D eigenvalue weighted by Crippen LogP contribution is -2.58. The Labute approximate surface area is 317 Å². The lowest BCUT2D eigenvalue weighted by molar-refractivity contribution is -0.142. The van der Waals surface area contributed by atoms with Gasteiger partial charge in [0.15, 0.2) is 0 Å².